The van der Waals surface area contributed by atoms with Gasteiger partial charge in [0.15, 0.2) is 0 Å². The third-order valence-electron chi connectivity index (χ3n) is 8.38. The average molecular weight is 320 g/mol. The topological polar surface area (TPSA) is 60.7 Å². The van der Waals surface area contributed by atoms with Crippen molar-refractivity contribution in [2.24, 2.45) is 34.0 Å². The fourth-order valence-corrected chi connectivity index (χ4v) is 7.62. The minimum atomic E-state index is -1.14. The lowest BCUT2D eigenvalue weighted by atomic mass is 9.36. The van der Waals surface area contributed by atoms with Gasteiger partial charge in [-0.3, -0.25) is 0 Å². The molecule has 130 valence electrons. The predicted octanol–water partition coefficient (Wildman–Crippen LogP) is 2.89. The smallest absolute Gasteiger partial charge is 0.0972 e. The SMILES string of the molecule is CC1(C)CCC[C@]2(C)[C@H]1CC[C@@]13C=C[C@@H]([C@@H](O)[C@@H]12)[C@](O)(CO)C3. The highest BCUT2D eigenvalue weighted by Gasteiger charge is 2.68. The van der Waals surface area contributed by atoms with Crippen molar-refractivity contribution < 1.29 is 15.3 Å². The third kappa shape index (κ3) is 1.88. The van der Waals surface area contributed by atoms with Crippen molar-refractivity contribution >= 4 is 0 Å². The standard InChI is InChI=1S/C20H32O3/c1-17(2)7-4-8-18(3)14(17)6-10-19-9-5-13(15(22)16(18)19)20(23,11-19)12-21/h5,9,13-16,21-23H,4,6-8,10-12H2,1-3H3/t13-,14-,15+,16+,18+,19+,20+/m0/s1. The van der Waals surface area contributed by atoms with Crippen LogP contribution in [-0.2, 0) is 0 Å². The molecule has 0 aliphatic heterocycles. The lowest BCUT2D eigenvalue weighted by Crippen LogP contribution is -2.69. The van der Waals surface area contributed by atoms with Gasteiger partial charge in [0.25, 0.3) is 0 Å². The van der Waals surface area contributed by atoms with E-state index >= 15 is 0 Å². The molecule has 0 unspecified atom stereocenters. The van der Waals surface area contributed by atoms with Crippen LogP contribution in [0.5, 0.6) is 0 Å². The highest BCUT2D eigenvalue weighted by molar-refractivity contribution is 5.28. The Morgan fingerprint density at radius 2 is 1.87 bits per heavy atom. The minimum Gasteiger partial charge on any atom is -0.393 e. The summed E-state index contributed by atoms with van der Waals surface area (Å²) in [6, 6.07) is 0. The van der Waals surface area contributed by atoms with Gasteiger partial charge in [-0.05, 0) is 54.3 Å². The Morgan fingerprint density at radius 1 is 1.13 bits per heavy atom. The van der Waals surface area contributed by atoms with Gasteiger partial charge in [-0.2, -0.15) is 0 Å². The molecule has 0 aromatic rings. The molecule has 23 heavy (non-hydrogen) atoms. The van der Waals surface area contributed by atoms with Crippen LogP contribution in [0.2, 0.25) is 0 Å². The molecule has 3 fully saturated rings. The zero-order valence-electron chi connectivity index (χ0n) is 14.8. The Balaban J connectivity index is 1.80. The van der Waals surface area contributed by atoms with Crippen LogP contribution in [0.4, 0.5) is 0 Å². The van der Waals surface area contributed by atoms with Crippen molar-refractivity contribution in [2.75, 3.05) is 6.61 Å². The van der Waals surface area contributed by atoms with E-state index in [1.54, 1.807) is 0 Å². The number of rotatable bonds is 1. The Bertz CT molecular complexity index is 541. The Kier molecular flexibility index (Phi) is 3.23. The molecule has 0 amide bonds. The van der Waals surface area contributed by atoms with E-state index in [1.807, 2.05) is 6.08 Å². The van der Waals surface area contributed by atoms with E-state index < -0.39 is 11.7 Å². The molecule has 7 atom stereocenters. The molecular weight excluding hydrogens is 288 g/mol. The predicted molar refractivity (Wildman–Crippen MR) is 89.7 cm³/mol. The number of hydrogen-bond donors (Lipinski definition) is 3. The van der Waals surface area contributed by atoms with Gasteiger partial charge in [0, 0.05) is 11.8 Å². The van der Waals surface area contributed by atoms with E-state index in [2.05, 4.69) is 26.8 Å². The van der Waals surface area contributed by atoms with Gasteiger partial charge in [0.1, 0.15) is 0 Å². The van der Waals surface area contributed by atoms with E-state index in [4.69, 9.17) is 0 Å². The van der Waals surface area contributed by atoms with Crippen molar-refractivity contribution in [1.29, 1.82) is 0 Å². The summed E-state index contributed by atoms with van der Waals surface area (Å²) in [5.74, 6) is 0.541. The second-order valence-corrected chi connectivity index (χ2v) is 9.96. The summed E-state index contributed by atoms with van der Waals surface area (Å²) in [4.78, 5) is 0. The molecular formula is C20H32O3. The molecule has 5 aliphatic rings. The molecule has 5 aliphatic carbocycles. The van der Waals surface area contributed by atoms with E-state index in [0.29, 0.717) is 17.8 Å². The van der Waals surface area contributed by atoms with Crippen LogP contribution in [0.1, 0.15) is 59.3 Å². The normalized spacial score (nSPS) is 57.0. The maximum absolute atomic E-state index is 11.2. The quantitative estimate of drug-likeness (QED) is 0.651. The van der Waals surface area contributed by atoms with Crippen LogP contribution in [0.15, 0.2) is 12.2 Å². The fraction of sp³-hybridized carbons (Fsp3) is 0.900. The summed E-state index contributed by atoms with van der Waals surface area (Å²) in [6.45, 7) is 6.96. The van der Waals surface area contributed by atoms with Gasteiger partial charge >= 0.3 is 0 Å². The molecule has 2 bridgehead atoms. The Hall–Kier alpha value is -0.380. The molecule has 0 aromatic heterocycles. The van der Waals surface area contributed by atoms with Crippen LogP contribution in [-0.4, -0.2) is 33.6 Å². The fourth-order valence-electron chi connectivity index (χ4n) is 7.62. The number of fused-ring (bicyclic) bond motifs is 2. The van der Waals surface area contributed by atoms with E-state index in [9.17, 15) is 15.3 Å². The van der Waals surface area contributed by atoms with Gasteiger partial charge < -0.3 is 15.3 Å². The Morgan fingerprint density at radius 3 is 2.57 bits per heavy atom. The van der Waals surface area contributed by atoms with Gasteiger partial charge in [-0.25, -0.2) is 0 Å². The Labute approximate surface area is 139 Å². The molecule has 1 spiro atoms. The van der Waals surface area contributed by atoms with Crippen molar-refractivity contribution in [3.05, 3.63) is 12.2 Å². The van der Waals surface area contributed by atoms with Gasteiger partial charge in [-0.1, -0.05) is 39.3 Å². The van der Waals surface area contributed by atoms with Crippen molar-refractivity contribution in [3.63, 3.8) is 0 Å². The zero-order valence-corrected chi connectivity index (χ0v) is 14.8. The molecule has 5 rings (SSSR count). The van der Waals surface area contributed by atoms with Crippen LogP contribution in [0, 0.1) is 34.0 Å². The molecule has 0 heterocycles. The van der Waals surface area contributed by atoms with E-state index in [0.717, 1.165) is 6.42 Å². The van der Waals surface area contributed by atoms with Crippen molar-refractivity contribution in [1.82, 2.24) is 0 Å². The lowest BCUT2D eigenvalue weighted by molar-refractivity contribution is -0.244. The first-order valence-corrected chi connectivity index (χ1v) is 9.39. The van der Waals surface area contributed by atoms with Gasteiger partial charge in [-0.15, -0.1) is 0 Å². The van der Waals surface area contributed by atoms with Crippen LogP contribution < -0.4 is 0 Å². The summed E-state index contributed by atoms with van der Waals surface area (Å²) in [5.41, 5.74) is -0.802. The molecule has 3 nitrogen and oxygen atoms in total. The number of aliphatic hydroxyl groups excluding tert-OH is 2. The third-order valence-corrected chi connectivity index (χ3v) is 8.38. The monoisotopic (exact) mass is 320 g/mol. The zero-order chi connectivity index (χ0) is 16.7. The summed E-state index contributed by atoms with van der Waals surface area (Å²) >= 11 is 0. The first-order chi connectivity index (χ1) is 10.7. The maximum atomic E-state index is 11.2. The second kappa shape index (κ2) is 4.62. The van der Waals surface area contributed by atoms with Gasteiger partial charge in [0.05, 0.1) is 18.3 Å². The molecule has 3 heteroatoms. The maximum Gasteiger partial charge on any atom is 0.0972 e. The number of allylic oxidation sites excluding steroid dienone is 1. The average Bonchev–Trinajstić information content (AvgIpc) is 2.45. The number of hydrogen-bond acceptors (Lipinski definition) is 3. The highest BCUT2D eigenvalue weighted by atomic mass is 16.3. The molecule has 3 N–H and O–H groups in total. The summed E-state index contributed by atoms with van der Waals surface area (Å²) in [7, 11) is 0. The van der Waals surface area contributed by atoms with E-state index in [1.165, 1.54) is 25.7 Å². The summed E-state index contributed by atoms with van der Waals surface area (Å²) in [6.07, 6.45) is 10.3. The van der Waals surface area contributed by atoms with Crippen LogP contribution in [0.3, 0.4) is 0 Å². The van der Waals surface area contributed by atoms with Crippen molar-refractivity contribution in [2.45, 2.75) is 71.0 Å². The van der Waals surface area contributed by atoms with Crippen LogP contribution >= 0.6 is 0 Å². The molecule has 0 radical (unpaired) electrons. The first kappa shape index (κ1) is 16.1. The summed E-state index contributed by atoms with van der Waals surface area (Å²) in [5, 5.41) is 31.9. The molecule has 3 saturated carbocycles. The second-order valence-electron chi connectivity index (χ2n) is 9.96. The first-order valence-electron chi connectivity index (χ1n) is 9.39. The lowest BCUT2D eigenvalue weighted by Gasteiger charge is -2.69. The minimum absolute atomic E-state index is 0.135. The van der Waals surface area contributed by atoms with Crippen molar-refractivity contribution in [3.8, 4) is 0 Å². The number of aliphatic hydroxyl groups is 3. The summed E-state index contributed by atoms with van der Waals surface area (Å²) < 4.78 is 0. The molecule has 0 aromatic carbocycles. The van der Waals surface area contributed by atoms with Gasteiger partial charge in [0.2, 0.25) is 0 Å². The molecule has 0 saturated heterocycles. The van der Waals surface area contributed by atoms with Crippen LogP contribution in [0.25, 0.3) is 0 Å². The largest absolute Gasteiger partial charge is 0.393 e. The van der Waals surface area contributed by atoms with E-state index in [-0.39, 0.29) is 29.3 Å². The highest BCUT2D eigenvalue weighted by Crippen LogP contribution is 2.70.